The van der Waals surface area contributed by atoms with Gasteiger partial charge in [-0.2, -0.15) is 5.26 Å². The third-order valence-electron chi connectivity index (χ3n) is 2.27. The number of nitrogens with two attached hydrogens (primary N) is 1. The molecule has 0 spiro atoms. The lowest BCUT2D eigenvalue weighted by molar-refractivity contribution is 0.379. The molecular weight excluding hydrogens is 213 g/mol. The largest absolute Gasteiger partial charge is 0.295 e. The van der Waals surface area contributed by atoms with Crippen molar-refractivity contribution in [1.82, 2.24) is 9.97 Å². The van der Waals surface area contributed by atoms with E-state index in [1.807, 2.05) is 6.07 Å². The minimum absolute atomic E-state index is 0.0698. The van der Waals surface area contributed by atoms with Gasteiger partial charge in [0.2, 0.25) is 5.82 Å². The Hall–Kier alpha value is -1.61. The van der Waals surface area contributed by atoms with Gasteiger partial charge in [-0.3, -0.25) is 5.01 Å². The van der Waals surface area contributed by atoms with Crippen LogP contribution in [0, 0.1) is 16.7 Å². The summed E-state index contributed by atoms with van der Waals surface area (Å²) in [6.07, 6.45) is 2.30. The van der Waals surface area contributed by atoms with Crippen LogP contribution in [0.2, 0.25) is 0 Å². The van der Waals surface area contributed by atoms with Crippen molar-refractivity contribution < 1.29 is 0 Å². The summed E-state index contributed by atoms with van der Waals surface area (Å²) < 4.78 is 0. The summed E-state index contributed by atoms with van der Waals surface area (Å²) in [6.45, 7) is 7.01. The SMILES string of the molecule is [B]c1cnc(C#N)nc1N(N)CCC(C)(C)C. The molecule has 0 saturated carbocycles. The van der Waals surface area contributed by atoms with Crippen LogP contribution in [0.3, 0.4) is 0 Å². The highest BCUT2D eigenvalue weighted by atomic mass is 15.4. The average molecular weight is 229 g/mol. The summed E-state index contributed by atoms with van der Waals surface area (Å²) in [5, 5.41) is 10.2. The minimum Gasteiger partial charge on any atom is -0.295 e. The van der Waals surface area contributed by atoms with Gasteiger partial charge in [0.25, 0.3) is 0 Å². The number of rotatable bonds is 3. The Kier molecular flexibility index (Phi) is 4.08. The monoisotopic (exact) mass is 229 g/mol. The van der Waals surface area contributed by atoms with Crippen LogP contribution in [-0.4, -0.2) is 24.4 Å². The quantitative estimate of drug-likeness (QED) is 0.456. The lowest BCUT2D eigenvalue weighted by atomic mass is 9.92. The number of hydrazine groups is 1. The molecule has 17 heavy (non-hydrogen) atoms. The average Bonchev–Trinajstić information content (AvgIpc) is 2.25. The molecule has 2 N–H and O–H groups in total. The van der Waals surface area contributed by atoms with Crippen molar-refractivity contribution in [2.45, 2.75) is 27.2 Å². The molecule has 1 aromatic heterocycles. The van der Waals surface area contributed by atoms with Crippen LogP contribution in [0.15, 0.2) is 6.20 Å². The fourth-order valence-electron chi connectivity index (χ4n) is 1.23. The summed E-state index contributed by atoms with van der Waals surface area (Å²) in [4.78, 5) is 7.76. The maximum atomic E-state index is 8.72. The van der Waals surface area contributed by atoms with E-state index in [1.54, 1.807) is 0 Å². The van der Waals surface area contributed by atoms with Crippen molar-refractivity contribution in [3.8, 4) is 6.07 Å². The zero-order valence-corrected chi connectivity index (χ0v) is 10.4. The molecule has 0 bridgehead atoms. The molecule has 2 radical (unpaired) electrons. The molecule has 0 aliphatic carbocycles. The van der Waals surface area contributed by atoms with Crippen molar-refractivity contribution in [2.24, 2.45) is 11.3 Å². The molecule has 0 saturated heterocycles. The maximum Gasteiger partial charge on any atom is 0.234 e. The highest BCUT2D eigenvalue weighted by Gasteiger charge is 2.14. The summed E-state index contributed by atoms with van der Waals surface area (Å²) in [7, 11) is 5.73. The number of hydrogen-bond acceptors (Lipinski definition) is 5. The van der Waals surface area contributed by atoms with Gasteiger partial charge < -0.3 is 0 Å². The Morgan fingerprint density at radius 1 is 1.53 bits per heavy atom. The number of aromatic nitrogens is 2. The molecule has 0 aliphatic rings. The molecule has 1 heterocycles. The molecule has 1 aromatic rings. The second kappa shape index (κ2) is 5.15. The topological polar surface area (TPSA) is 78.8 Å². The first kappa shape index (κ1) is 13.5. The zero-order chi connectivity index (χ0) is 13.1. The number of anilines is 1. The van der Waals surface area contributed by atoms with Crippen LogP contribution in [0.5, 0.6) is 0 Å². The lowest BCUT2D eigenvalue weighted by Gasteiger charge is -2.24. The van der Waals surface area contributed by atoms with Gasteiger partial charge in [-0.25, -0.2) is 15.8 Å². The Morgan fingerprint density at radius 3 is 2.71 bits per heavy atom. The molecule has 0 atom stereocenters. The van der Waals surface area contributed by atoms with Crippen LogP contribution in [0.4, 0.5) is 5.82 Å². The molecule has 1 rings (SSSR count). The van der Waals surface area contributed by atoms with Gasteiger partial charge in [0.15, 0.2) is 0 Å². The molecule has 0 aromatic carbocycles. The van der Waals surface area contributed by atoms with Gasteiger partial charge >= 0.3 is 0 Å². The fourth-order valence-corrected chi connectivity index (χ4v) is 1.23. The highest BCUT2D eigenvalue weighted by molar-refractivity contribution is 6.35. The van der Waals surface area contributed by atoms with Gasteiger partial charge in [0.1, 0.15) is 19.7 Å². The Morgan fingerprint density at radius 2 is 2.18 bits per heavy atom. The van der Waals surface area contributed by atoms with Crippen LogP contribution in [0.1, 0.15) is 33.0 Å². The Bertz CT molecular complexity index is 432. The second-order valence-electron chi connectivity index (χ2n) is 5.09. The van der Waals surface area contributed by atoms with E-state index < -0.39 is 0 Å². The molecule has 0 aliphatic heterocycles. The van der Waals surface area contributed by atoms with E-state index in [0.29, 0.717) is 17.8 Å². The fraction of sp³-hybridized carbons (Fsp3) is 0.545. The van der Waals surface area contributed by atoms with Crippen LogP contribution >= 0.6 is 0 Å². The van der Waals surface area contributed by atoms with Crippen molar-refractivity contribution in [2.75, 3.05) is 11.6 Å². The summed E-state index contributed by atoms with van der Waals surface area (Å²) in [5.41, 5.74) is 0.553. The molecule has 0 fully saturated rings. The number of hydrogen-bond donors (Lipinski definition) is 1. The minimum atomic E-state index is 0.0698. The van der Waals surface area contributed by atoms with E-state index in [-0.39, 0.29) is 11.2 Å². The smallest absolute Gasteiger partial charge is 0.234 e. The first-order valence-electron chi connectivity index (χ1n) is 5.38. The van der Waals surface area contributed by atoms with E-state index >= 15 is 0 Å². The maximum absolute atomic E-state index is 8.72. The van der Waals surface area contributed by atoms with E-state index in [2.05, 4.69) is 30.7 Å². The first-order chi connectivity index (χ1) is 7.83. The summed E-state index contributed by atoms with van der Waals surface area (Å²) >= 11 is 0. The van der Waals surface area contributed by atoms with Gasteiger partial charge in [-0.1, -0.05) is 20.8 Å². The van der Waals surface area contributed by atoms with Crippen LogP contribution < -0.4 is 16.3 Å². The number of nitriles is 1. The molecular formula is C11H16BN5. The van der Waals surface area contributed by atoms with Crippen molar-refractivity contribution in [3.05, 3.63) is 12.0 Å². The summed E-state index contributed by atoms with van der Waals surface area (Å²) in [5.74, 6) is 6.35. The zero-order valence-electron chi connectivity index (χ0n) is 10.4. The lowest BCUT2D eigenvalue weighted by Crippen LogP contribution is -2.38. The summed E-state index contributed by atoms with van der Waals surface area (Å²) in [6, 6.07) is 1.86. The van der Waals surface area contributed by atoms with Crippen LogP contribution in [0.25, 0.3) is 0 Å². The second-order valence-corrected chi connectivity index (χ2v) is 5.09. The van der Waals surface area contributed by atoms with Crippen molar-refractivity contribution in [3.63, 3.8) is 0 Å². The standard InChI is InChI=1S/C11H16BN5/c1-11(2,3)4-5-17(14)10-8(12)7-15-9(6-13)16-10/h7H,4-5,14H2,1-3H3. The predicted molar refractivity (Wildman–Crippen MR) is 67.7 cm³/mol. The van der Waals surface area contributed by atoms with E-state index in [1.165, 1.54) is 11.2 Å². The third-order valence-corrected chi connectivity index (χ3v) is 2.27. The molecule has 5 nitrogen and oxygen atoms in total. The molecule has 6 heteroatoms. The van der Waals surface area contributed by atoms with E-state index in [0.717, 1.165) is 6.42 Å². The molecule has 0 unspecified atom stereocenters. The van der Waals surface area contributed by atoms with Crippen molar-refractivity contribution in [1.29, 1.82) is 5.26 Å². The highest BCUT2D eigenvalue weighted by Crippen LogP contribution is 2.19. The normalized spacial score (nSPS) is 11.0. The van der Waals surface area contributed by atoms with Gasteiger partial charge in [0, 0.05) is 12.7 Å². The van der Waals surface area contributed by atoms with Gasteiger partial charge in [0.05, 0.1) is 0 Å². The van der Waals surface area contributed by atoms with Gasteiger partial charge in [-0.15, -0.1) is 0 Å². The van der Waals surface area contributed by atoms with E-state index in [4.69, 9.17) is 19.0 Å². The van der Waals surface area contributed by atoms with Gasteiger partial charge in [-0.05, 0) is 17.3 Å². The molecule has 0 amide bonds. The predicted octanol–water partition coefficient (Wildman–Crippen LogP) is 0.258. The number of nitrogens with zero attached hydrogens (tertiary/aromatic N) is 4. The van der Waals surface area contributed by atoms with Crippen LogP contribution in [-0.2, 0) is 0 Å². The molecule has 88 valence electrons. The van der Waals surface area contributed by atoms with Crippen molar-refractivity contribution >= 4 is 19.1 Å². The Balaban J connectivity index is 2.82. The van der Waals surface area contributed by atoms with E-state index in [9.17, 15) is 0 Å². The first-order valence-corrected chi connectivity index (χ1v) is 5.38. The third kappa shape index (κ3) is 4.04. The Labute approximate surface area is 103 Å².